The van der Waals surface area contributed by atoms with Gasteiger partial charge in [0.25, 0.3) is 0 Å². The van der Waals surface area contributed by atoms with Crippen molar-refractivity contribution in [2.45, 2.75) is 13.3 Å². The van der Waals surface area contributed by atoms with Gasteiger partial charge in [-0.15, -0.1) is 0 Å². The maximum absolute atomic E-state index is 11.2. The van der Waals surface area contributed by atoms with E-state index in [0.717, 1.165) is 12.1 Å². The highest BCUT2D eigenvalue weighted by Crippen LogP contribution is 2.10. The summed E-state index contributed by atoms with van der Waals surface area (Å²) in [6.07, 6.45) is 1.02. The SMILES string of the molecule is CCc1ccc(NC(=S)N(C)CC(=O)NC)cc1. The molecule has 0 saturated heterocycles. The Morgan fingerprint density at radius 3 is 2.44 bits per heavy atom. The van der Waals surface area contributed by atoms with Crippen molar-refractivity contribution in [3.05, 3.63) is 29.8 Å². The molecule has 0 atom stereocenters. The lowest BCUT2D eigenvalue weighted by molar-refractivity contribution is -0.120. The van der Waals surface area contributed by atoms with Crippen LogP contribution in [-0.2, 0) is 11.2 Å². The van der Waals surface area contributed by atoms with Crippen molar-refractivity contribution in [1.82, 2.24) is 10.2 Å². The van der Waals surface area contributed by atoms with Crippen LogP contribution in [0.15, 0.2) is 24.3 Å². The van der Waals surface area contributed by atoms with Crippen LogP contribution >= 0.6 is 12.2 Å². The number of thiocarbonyl (C=S) groups is 1. The van der Waals surface area contributed by atoms with Gasteiger partial charge in [0.15, 0.2) is 5.11 Å². The average molecular weight is 265 g/mol. The Morgan fingerprint density at radius 1 is 1.33 bits per heavy atom. The first-order valence-electron chi connectivity index (χ1n) is 5.88. The Bertz CT molecular complexity index is 417. The molecule has 1 amide bonds. The number of benzene rings is 1. The Balaban J connectivity index is 2.55. The number of nitrogens with zero attached hydrogens (tertiary/aromatic N) is 1. The maximum atomic E-state index is 11.2. The largest absolute Gasteiger partial charge is 0.358 e. The van der Waals surface area contributed by atoms with E-state index in [2.05, 4.69) is 29.7 Å². The van der Waals surface area contributed by atoms with Gasteiger partial charge in [0.05, 0.1) is 6.54 Å². The third kappa shape index (κ3) is 4.33. The number of nitrogens with one attached hydrogen (secondary N) is 2. The molecule has 0 aliphatic heterocycles. The first kappa shape index (κ1) is 14.4. The molecular formula is C13H19N3OS. The third-order valence-electron chi connectivity index (χ3n) is 2.62. The molecule has 0 fully saturated rings. The van der Waals surface area contributed by atoms with E-state index in [1.807, 2.05) is 12.1 Å². The van der Waals surface area contributed by atoms with Crippen LogP contribution in [0.25, 0.3) is 0 Å². The van der Waals surface area contributed by atoms with Gasteiger partial charge in [-0.3, -0.25) is 4.79 Å². The molecule has 0 bridgehead atoms. The van der Waals surface area contributed by atoms with Crippen LogP contribution < -0.4 is 10.6 Å². The van der Waals surface area contributed by atoms with Crippen molar-refractivity contribution in [3.8, 4) is 0 Å². The molecule has 0 aromatic heterocycles. The molecule has 0 saturated carbocycles. The molecule has 4 nitrogen and oxygen atoms in total. The minimum absolute atomic E-state index is 0.0667. The standard InChI is InChI=1S/C13H19N3OS/c1-4-10-5-7-11(8-6-10)15-13(18)16(3)9-12(17)14-2/h5-8H,4,9H2,1-3H3,(H,14,17)(H,15,18). The number of amides is 1. The predicted octanol–water partition coefficient (Wildman–Crippen LogP) is 1.62. The summed E-state index contributed by atoms with van der Waals surface area (Å²) in [7, 11) is 3.39. The van der Waals surface area contributed by atoms with E-state index in [4.69, 9.17) is 12.2 Å². The number of carbonyl (C=O) groups excluding carboxylic acids is 1. The van der Waals surface area contributed by atoms with Crippen LogP contribution in [0.4, 0.5) is 5.69 Å². The van der Waals surface area contributed by atoms with E-state index in [1.54, 1.807) is 19.0 Å². The molecule has 98 valence electrons. The van der Waals surface area contributed by atoms with Gasteiger partial charge >= 0.3 is 0 Å². The number of carbonyl (C=O) groups is 1. The quantitative estimate of drug-likeness (QED) is 0.812. The van der Waals surface area contributed by atoms with Crippen LogP contribution in [0, 0.1) is 0 Å². The monoisotopic (exact) mass is 265 g/mol. The molecule has 5 heteroatoms. The van der Waals surface area contributed by atoms with Crippen molar-refractivity contribution >= 4 is 28.9 Å². The van der Waals surface area contributed by atoms with Crippen molar-refractivity contribution in [3.63, 3.8) is 0 Å². The highest BCUT2D eigenvalue weighted by molar-refractivity contribution is 7.80. The number of aryl methyl sites for hydroxylation is 1. The van der Waals surface area contributed by atoms with Gasteiger partial charge in [0.1, 0.15) is 0 Å². The lowest BCUT2D eigenvalue weighted by Crippen LogP contribution is -2.39. The molecule has 18 heavy (non-hydrogen) atoms. The van der Waals surface area contributed by atoms with Gasteiger partial charge in [-0.25, -0.2) is 0 Å². The van der Waals surface area contributed by atoms with Gasteiger partial charge in [-0.05, 0) is 36.3 Å². The van der Waals surface area contributed by atoms with E-state index in [9.17, 15) is 4.79 Å². The molecule has 1 aromatic carbocycles. The van der Waals surface area contributed by atoms with Crippen molar-refractivity contribution in [1.29, 1.82) is 0 Å². The Morgan fingerprint density at radius 2 is 1.94 bits per heavy atom. The summed E-state index contributed by atoms with van der Waals surface area (Å²) in [5, 5.41) is 6.19. The Hall–Kier alpha value is -1.62. The summed E-state index contributed by atoms with van der Waals surface area (Å²) in [4.78, 5) is 12.9. The molecule has 0 spiro atoms. The average Bonchev–Trinajstić information content (AvgIpc) is 2.39. The number of hydrogen-bond acceptors (Lipinski definition) is 2. The van der Waals surface area contributed by atoms with Crippen molar-refractivity contribution in [2.24, 2.45) is 0 Å². The van der Waals surface area contributed by atoms with Gasteiger partial charge in [0, 0.05) is 19.8 Å². The third-order valence-corrected chi connectivity index (χ3v) is 3.03. The van der Waals surface area contributed by atoms with Crippen LogP contribution in [-0.4, -0.2) is 36.6 Å². The highest BCUT2D eigenvalue weighted by Gasteiger charge is 2.08. The van der Waals surface area contributed by atoms with E-state index >= 15 is 0 Å². The fraction of sp³-hybridized carbons (Fsp3) is 0.385. The number of rotatable bonds is 4. The summed E-state index contributed by atoms with van der Waals surface area (Å²) in [5.74, 6) is -0.0667. The molecule has 0 heterocycles. The smallest absolute Gasteiger partial charge is 0.239 e. The fourth-order valence-electron chi connectivity index (χ4n) is 1.41. The summed E-state index contributed by atoms with van der Waals surface area (Å²) >= 11 is 5.22. The van der Waals surface area contributed by atoms with Crippen LogP contribution in [0.2, 0.25) is 0 Å². The lowest BCUT2D eigenvalue weighted by atomic mass is 10.1. The molecule has 1 rings (SSSR count). The lowest BCUT2D eigenvalue weighted by Gasteiger charge is -2.20. The predicted molar refractivity (Wildman–Crippen MR) is 78.7 cm³/mol. The van der Waals surface area contributed by atoms with E-state index < -0.39 is 0 Å². The van der Waals surface area contributed by atoms with Crippen molar-refractivity contribution in [2.75, 3.05) is 26.0 Å². The zero-order chi connectivity index (χ0) is 13.5. The zero-order valence-electron chi connectivity index (χ0n) is 11.0. The normalized spacial score (nSPS) is 9.72. The van der Waals surface area contributed by atoms with E-state index in [0.29, 0.717) is 5.11 Å². The van der Waals surface area contributed by atoms with Crippen LogP contribution in [0.5, 0.6) is 0 Å². The highest BCUT2D eigenvalue weighted by atomic mass is 32.1. The van der Waals surface area contributed by atoms with E-state index in [1.165, 1.54) is 5.56 Å². The van der Waals surface area contributed by atoms with Crippen LogP contribution in [0.3, 0.4) is 0 Å². The van der Waals surface area contributed by atoms with Gasteiger partial charge in [-0.2, -0.15) is 0 Å². The fourth-order valence-corrected chi connectivity index (χ4v) is 1.59. The van der Waals surface area contributed by atoms with Gasteiger partial charge in [-0.1, -0.05) is 19.1 Å². The number of likely N-dealkylation sites (N-methyl/N-ethyl adjacent to an activating group) is 2. The first-order chi connectivity index (χ1) is 8.56. The topological polar surface area (TPSA) is 44.4 Å². The molecule has 0 aliphatic carbocycles. The minimum Gasteiger partial charge on any atom is -0.358 e. The molecule has 2 N–H and O–H groups in total. The maximum Gasteiger partial charge on any atom is 0.239 e. The second kappa shape index (κ2) is 6.96. The minimum atomic E-state index is -0.0667. The summed E-state index contributed by atoms with van der Waals surface area (Å²) in [6, 6.07) is 8.09. The van der Waals surface area contributed by atoms with Crippen molar-refractivity contribution < 1.29 is 4.79 Å². The summed E-state index contributed by atoms with van der Waals surface area (Å²) < 4.78 is 0. The Labute approximate surface area is 113 Å². The Kier molecular flexibility index (Phi) is 5.58. The van der Waals surface area contributed by atoms with E-state index in [-0.39, 0.29) is 12.5 Å². The number of anilines is 1. The zero-order valence-corrected chi connectivity index (χ0v) is 11.8. The van der Waals surface area contributed by atoms with Gasteiger partial charge in [0.2, 0.25) is 5.91 Å². The summed E-state index contributed by atoms with van der Waals surface area (Å²) in [6.45, 7) is 2.36. The second-order valence-corrected chi connectivity index (χ2v) is 4.40. The summed E-state index contributed by atoms with van der Waals surface area (Å²) in [5.41, 5.74) is 2.21. The molecule has 0 unspecified atom stereocenters. The van der Waals surface area contributed by atoms with Crippen LogP contribution in [0.1, 0.15) is 12.5 Å². The molecule has 1 aromatic rings. The first-order valence-corrected chi connectivity index (χ1v) is 6.29. The van der Waals surface area contributed by atoms with Gasteiger partial charge < -0.3 is 15.5 Å². The molecule has 0 aliphatic rings. The number of hydrogen-bond donors (Lipinski definition) is 2. The molecular weight excluding hydrogens is 246 g/mol. The molecule has 0 radical (unpaired) electrons. The second-order valence-electron chi connectivity index (χ2n) is 4.01.